The highest BCUT2D eigenvalue weighted by Crippen LogP contribution is 2.58. The molecule has 2 saturated carbocycles. The zero-order valence-electron chi connectivity index (χ0n) is 15.9. The van der Waals surface area contributed by atoms with Gasteiger partial charge >= 0.3 is 5.97 Å². The van der Waals surface area contributed by atoms with E-state index in [1.165, 1.54) is 18.4 Å². The summed E-state index contributed by atoms with van der Waals surface area (Å²) in [4.78, 5) is 24.2. The Morgan fingerprint density at radius 1 is 1.29 bits per heavy atom. The quantitative estimate of drug-likeness (QED) is 0.628. The summed E-state index contributed by atoms with van der Waals surface area (Å²) in [6.45, 7) is 0.705. The van der Waals surface area contributed by atoms with E-state index in [1.807, 2.05) is 6.07 Å². The average molecular weight is 385 g/mol. The number of hydrogen-bond acceptors (Lipinski definition) is 5. The Bertz CT molecular complexity index is 863. The summed E-state index contributed by atoms with van der Waals surface area (Å²) < 4.78 is 0. The van der Waals surface area contributed by atoms with Gasteiger partial charge in [-0.2, -0.15) is 0 Å². The number of piperidine rings is 1. The van der Waals surface area contributed by atoms with Gasteiger partial charge in [0.15, 0.2) is 0 Å². The molecule has 1 aliphatic heterocycles. The first-order valence-electron chi connectivity index (χ1n) is 10.4. The van der Waals surface area contributed by atoms with Gasteiger partial charge < -0.3 is 20.6 Å². The highest BCUT2D eigenvalue weighted by atomic mass is 16.4. The highest BCUT2D eigenvalue weighted by molar-refractivity contribution is 5.88. The molecule has 6 heteroatoms. The van der Waals surface area contributed by atoms with Gasteiger partial charge in [0.1, 0.15) is 11.5 Å². The van der Waals surface area contributed by atoms with Crippen LogP contribution in [0.4, 0.5) is 0 Å². The maximum atomic E-state index is 12.9. The lowest BCUT2D eigenvalue weighted by molar-refractivity contribution is -0.163. The monoisotopic (exact) mass is 385 g/mol. The van der Waals surface area contributed by atoms with Crippen molar-refractivity contribution in [3.63, 3.8) is 0 Å². The molecule has 4 atom stereocenters. The van der Waals surface area contributed by atoms with Crippen molar-refractivity contribution in [2.45, 2.75) is 68.4 Å². The van der Waals surface area contributed by atoms with Crippen molar-refractivity contribution in [2.75, 3.05) is 6.54 Å². The van der Waals surface area contributed by atoms with Gasteiger partial charge in [-0.3, -0.25) is 9.59 Å². The number of carbonyl (C=O) groups is 2. The second-order valence-corrected chi connectivity index (χ2v) is 9.39. The number of carboxylic acids is 1. The standard InChI is InChI=1S/C22H27NO5/c24-15-6-13(5-12-1-2-12)16-9-19-22(28)10-14(7-20(26)27)18(25)11-21(22,3-4-23-19)17(16)8-15/h6,8,12,14,19,23-24,28H,1-5,7,9-11H2,(H,26,27)/t14-,19+,21+,22+/m0/s1. The lowest BCUT2D eigenvalue weighted by atomic mass is 9.47. The Kier molecular flexibility index (Phi) is 3.91. The predicted molar refractivity (Wildman–Crippen MR) is 101 cm³/mol. The van der Waals surface area contributed by atoms with Crippen LogP contribution in [0.2, 0.25) is 0 Å². The summed E-state index contributed by atoms with van der Waals surface area (Å²) in [7, 11) is 0. The van der Waals surface area contributed by atoms with Crippen molar-refractivity contribution >= 4 is 11.8 Å². The molecule has 1 heterocycles. The second kappa shape index (κ2) is 6.04. The van der Waals surface area contributed by atoms with Gasteiger partial charge in [-0.25, -0.2) is 0 Å². The van der Waals surface area contributed by atoms with Crippen LogP contribution in [0.5, 0.6) is 5.75 Å². The summed E-state index contributed by atoms with van der Waals surface area (Å²) in [5.41, 5.74) is 1.34. The van der Waals surface area contributed by atoms with Crippen molar-refractivity contribution < 1.29 is 24.9 Å². The third-order valence-electron chi connectivity index (χ3n) is 7.71. The van der Waals surface area contributed by atoms with E-state index in [0.29, 0.717) is 25.3 Å². The normalized spacial score (nSPS) is 36.5. The molecule has 1 aromatic rings. The van der Waals surface area contributed by atoms with Crippen LogP contribution in [0.15, 0.2) is 12.1 Å². The Morgan fingerprint density at radius 3 is 2.79 bits per heavy atom. The summed E-state index contributed by atoms with van der Waals surface area (Å²) >= 11 is 0. The molecule has 0 amide bonds. The molecule has 2 bridgehead atoms. The summed E-state index contributed by atoms with van der Waals surface area (Å²) in [5.74, 6) is -0.861. The second-order valence-electron chi connectivity index (χ2n) is 9.39. The van der Waals surface area contributed by atoms with Crippen molar-refractivity contribution in [1.82, 2.24) is 5.32 Å². The number of Topliss-reactive ketones (excluding diaryl/α,β-unsaturated/α-hetero) is 1. The van der Waals surface area contributed by atoms with Gasteiger partial charge in [0.25, 0.3) is 0 Å². The number of aliphatic carboxylic acids is 1. The lowest BCUT2D eigenvalue weighted by Crippen LogP contribution is -2.73. The van der Waals surface area contributed by atoms with E-state index in [9.17, 15) is 24.9 Å². The average Bonchev–Trinajstić information content (AvgIpc) is 3.40. The van der Waals surface area contributed by atoms with Crippen LogP contribution in [0.25, 0.3) is 0 Å². The third kappa shape index (κ3) is 2.54. The maximum absolute atomic E-state index is 12.9. The van der Waals surface area contributed by atoms with Crippen LogP contribution in [0, 0.1) is 11.8 Å². The van der Waals surface area contributed by atoms with Gasteiger partial charge in [0.05, 0.1) is 12.0 Å². The Labute approximate surface area is 164 Å². The van der Waals surface area contributed by atoms with Crippen LogP contribution < -0.4 is 5.32 Å². The molecular weight excluding hydrogens is 358 g/mol. The third-order valence-corrected chi connectivity index (χ3v) is 7.71. The first kappa shape index (κ1) is 18.1. The van der Waals surface area contributed by atoms with E-state index in [0.717, 1.165) is 17.5 Å². The lowest BCUT2D eigenvalue weighted by Gasteiger charge is -2.62. The van der Waals surface area contributed by atoms with Crippen molar-refractivity contribution in [2.24, 2.45) is 11.8 Å². The van der Waals surface area contributed by atoms with Crippen LogP contribution in [-0.4, -0.2) is 45.3 Å². The van der Waals surface area contributed by atoms with Gasteiger partial charge in [0, 0.05) is 23.8 Å². The molecule has 3 fully saturated rings. The Balaban J connectivity index is 1.63. The fraction of sp³-hybridized carbons (Fsp3) is 0.636. The Hall–Kier alpha value is -1.92. The molecule has 0 unspecified atom stereocenters. The van der Waals surface area contributed by atoms with Gasteiger partial charge in [-0.1, -0.05) is 0 Å². The highest BCUT2D eigenvalue weighted by Gasteiger charge is 2.65. The van der Waals surface area contributed by atoms with Gasteiger partial charge in [-0.05, 0) is 79.8 Å². The summed E-state index contributed by atoms with van der Waals surface area (Å²) in [6.07, 6.45) is 4.74. The zero-order valence-corrected chi connectivity index (χ0v) is 15.9. The summed E-state index contributed by atoms with van der Waals surface area (Å²) in [5, 5.41) is 35.0. The Morgan fingerprint density at radius 2 is 2.07 bits per heavy atom. The molecule has 4 N–H and O–H groups in total. The molecule has 0 radical (unpaired) electrons. The number of aromatic hydroxyl groups is 1. The van der Waals surface area contributed by atoms with Crippen molar-refractivity contribution in [3.05, 3.63) is 28.8 Å². The molecule has 1 aromatic carbocycles. The molecule has 4 aliphatic rings. The van der Waals surface area contributed by atoms with Gasteiger partial charge in [-0.15, -0.1) is 0 Å². The van der Waals surface area contributed by atoms with Crippen LogP contribution in [-0.2, 0) is 27.8 Å². The molecule has 5 rings (SSSR count). The minimum Gasteiger partial charge on any atom is -0.508 e. The number of rotatable bonds is 4. The van der Waals surface area contributed by atoms with E-state index in [1.54, 1.807) is 6.07 Å². The molecule has 150 valence electrons. The number of carbonyl (C=O) groups excluding carboxylic acids is 1. The number of aliphatic hydroxyl groups is 1. The van der Waals surface area contributed by atoms with Crippen LogP contribution in [0.1, 0.15) is 55.2 Å². The smallest absolute Gasteiger partial charge is 0.304 e. The first-order valence-corrected chi connectivity index (χ1v) is 10.4. The number of carboxylic acid groups (broad SMARTS) is 1. The number of benzene rings is 1. The van der Waals surface area contributed by atoms with E-state index < -0.39 is 22.9 Å². The van der Waals surface area contributed by atoms with E-state index in [2.05, 4.69) is 5.32 Å². The number of phenols is 1. The topological polar surface area (TPSA) is 107 Å². The molecular formula is C22H27NO5. The fourth-order valence-electron chi connectivity index (χ4n) is 6.19. The number of ketones is 1. The fourth-order valence-corrected chi connectivity index (χ4v) is 6.19. The SMILES string of the molecule is O=C(O)C[C@H]1C[C@@]2(O)[C@H]3Cc4c(CC5CC5)cc(O)cc4[C@@]2(CCN3)CC1=O. The molecule has 0 spiro atoms. The van der Waals surface area contributed by atoms with Crippen LogP contribution in [0.3, 0.4) is 0 Å². The molecule has 28 heavy (non-hydrogen) atoms. The van der Waals surface area contributed by atoms with Gasteiger partial charge in [0.2, 0.25) is 0 Å². The summed E-state index contributed by atoms with van der Waals surface area (Å²) in [6, 6.07) is 3.41. The molecule has 0 aromatic heterocycles. The molecule has 1 saturated heterocycles. The number of phenolic OH excluding ortho intramolecular Hbond substituents is 1. The van der Waals surface area contributed by atoms with Crippen LogP contribution >= 0.6 is 0 Å². The maximum Gasteiger partial charge on any atom is 0.304 e. The van der Waals surface area contributed by atoms with E-state index in [4.69, 9.17) is 0 Å². The zero-order chi connectivity index (χ0) is 19.7. The van der Waals surface area contributed by atoms with Crippen molar-refractivity contribution in [3.8, 4) is 5.75 Å². The number of hydrogen-bond donors (Lipinski definition) is 4. The molecule has 3 aliphatic carbocycles. The number of fused-ring (bicyclic) bond motifs is 1. The predicted octanol–water partition coefficient (Wildman–Crippen LogP) is 1.69. The number of nitrogens with one attached hydrogen (secondary N) is 1. The van der Waals surface area contributed by atoms with E-state index >= 15 is 0 Å². The largest absolute Gasteiger partial charge is 0.508 e. The van der Waals surface area contributed by atoms with E-state index in [-0.39, 0.29) is 36.8 Å². The minimum atomic E-state index is -1.17. The molecule has 6 nitrogen and oxygen atoms in total. The van der Waals surface area contributed by atoms with Crippen molar-refractivity contribution in [1.29, 1.82) is 0 Å². The first-order chi connectivity index (χ1) is 13.3. The minimum absolute atomic E-state index is 0.0762.